The number of nitrogens with zero attached hydrogens (tertiary/aromatic N) is 2. The van der Waals surface area contributed by atoms with E-state index in [9.17, 15) is 19.1 Å². The molecule has 3 aromatic rings. The molecule has 33 heavy (non-hydrogen) atoms. The summed E-state index contributed by atoms with van der Waals surface area (Å²) in [6.45, 7) is 3.64. The van der Waals surface area contributed by atoms with Gasteiger partial charge < -0.3 is 14.7 Å². The van der Waals surface area contributed by atoms with E-state index in [1.807, 2.05) is 19.9 Å². The summed E-state index contributed by atoms with van der Waals surface area (Å²) in [5.74, 6) is -2.35. The second kappa shape index (κ2) is 8.86. The van der Waals surface area contributed by atoms with Crippen LogP contribution in [-0.4, -0.2) is 33.8 Å². The number of benzene rings is 2. The molecule has 0 radical (unpaired) electrons. The van der Waals surface area contributed by atoms with Gasteiger partial charge in [-0.3, -0.25) is 14.6 Å². The number of carbonyl (C=O) groups excluding carboxylic acids is 2. The molecule has 1 N–H and O–H groups in total. The number of likely N-dealkylation sites (tertiary alicyclic amines) is 1. The third-order valence-electron chi connectivity index (χ3n) is 5.68. The highest BCUT2D eigenvalue weighted by Gasteiger charge is 2.47. The van der Waals surface area contributed by atoms with Gasteiger partial charge in [-0.15, -0.1) is 0 Å². The van der Waals surface area contributed by atoms with Crippen molar-refractivity contribution < 1.29 is 23.8 Å². The first-order chi connectivity index (χ1) is 15.8. The fourth-order valence-corrected chi connectivity index (χ4v) is 4.28. The van der Waals surface area contributed by atoms with Crippen molar-refractivity contribution in [2.24, 2.45) is 0 Å². The van der Waals surface area contributed by atoms with Gasteiger partial charge in [-0.05, 0) is 49.2 Å². The Kier molecular flexibility index (Phi) is 5.96. The summed E-state index contributed by atoms with van der Waals surface area (Å²) in [6, 6.07) is 13.5. The number of Topliss-reactive ketones (excluding diaryl/α,β-unsaturated/α-hetero) is 1. The van der Waals surface area contributed by atoms with E-state index >= 15 is 0 Å². The van der Waals surface area contributed by atoms with Crippen LogP contribution in [0.2, 0.25) is 0 Å². The predicted octanol–water partition coefficient (Wildman–Crippen LogP) is 4.47. The Morgan fingerprint density at radius 3 is 2.52 bits per heavy atom. The summed E-state index contributed by atoms with van der Waals surface area (Å²) in [5.41, 5.74) is 2.31. The molecule has 1 aromatic heterocycles. The lowest BCUT2D eigenvalue weighted by atomic mass is 9.93. The fraction of sp³-hybridized carbons (Fsp3) is 0.192. The van der Waals surface area contributed by atoms with Crippen LogP contribution in [-0.2, 0) is 16.1 Å². The molecule has 1 saturated heterocycles. The van der Waals surface area contributed by atoms with Gasteiger partial charge in [0.25, 0.3) is 11.7 Å². The van der Waals surface area contributed by atoms with Crippen LogP contribution in [0.25, 0.3) is 5.76 Å². The van der Waals surface area contributed by atoms with E-state index in [1.54, 1.807) is 36.5 Å². The van der Waals surface area contributed by atoms with Gasteiger partial charge in [0.15, 0.2) is 0 Å². The number of aliphatic hydroxyl groups is 1. The van der Waals surface area contributed by atoms with Gasteiger partial charge >= 0.3 is 0 Å². The maximum atomic E-state index is 14.9. The summed E-state index contributed by atoms with van der Waals surface area (Å²) < 4.78 is 20.4. The molecular weight excluding hydrogens is 423 g/mol. The van der Waals surface area contributed by atoms with Crippen molar-refractivity contribution in [1.82, 2.24) is 9.88 Å². The highest BCUT2D eigenvalue weighted by Crippen LogP contribution is 2.43. The minimum Gasteiger partial charge on any atom is -0.507 e. The lowest BCUT2D eigenvalue weighted by Crippen LogP contribution is -2.30. The Hall–Kier alpha value is -4.00. The molecule has 1 fully saturated rings. The number of aliphatic hydroxyl groups excluding tert-OH is 1. The third-order valence-corrected chi connectivity index (χ3v) is 5.68. The Morgan fingerprint density at radius 1 is 1.12 bits per heavy atom. The van der Waals surface area contributed by atoms with E-state index in [0.29, 0.717) is 11.4 Å². The molecule has 7 heteroatoms. The van der Waals surface area contributed by atoms with E-state index in [4.69, 9.17) is 4.74 Å². The zero-order valence-electron chi connectivity index (χ0n) is 18.5. The molecule has 0 spiro atoms. The van der Waals surface area contributed by atoms with Crippen molar-refractivity contribution in [3.63, 3.8) is 0 Å². The number of rotatable bonds is 5. The predicted molar refractivity (Wildman–Crippen MR) is 121 cm³/mol. The molecule has 1 atom stereocenters. The van der Waals surface area contributed by atoms with Crippen LogP contribution in [0.4, 0.5) is 4.39 Å². The molecule has 4 rings (SSSR count). The van der Waals surface area contributed by atoms with Crippen LogP contribution in [0.3, 0.4) is 0 Å². The molecule has 1 amide bonds. The van der Waals surface area contributed by atoms with Gasteiger partial charge in [0.2, 0.25) is 0 Å². The van der Waals surface area contributed by atoms with Gasteiger partial charge in [0, 0.05) is 11.8 Å². The first-order valence-electron chi connectivity index (χ1n) is 10.4. The Bertz CT molecular complexity index is 1270. The maximum Gasteiger partial charge on any atom is 0.296 e. The monoisotopic (exact) mass is 446 g/mol. The van der Waals surface area contributed by atoms with Crippen LogP contribution in [0.5, 0.6) is 5.75 Å². The molecule has 0 aliphatic carbocycles. The molecule has 6 nitrogen and oxygen atoms in total. The minimum absolute atomic E-state index is 0.0226. The summed E-state index contributed by atoms with van der Waals surface area (Å²) >= 11 is 0. The minimum atomic E-state index is -1.13. The molecule has 0 bridgehead atoms. The van der Waals surface area contributed by atoms with Gasteiger partial charge in [-0.2, -0.15) is 0 Å². The third kappa shape index (κ3) is 3.98. The number of aryl methyl sites for hydroxylation is 2. The van der Waals surface area contributed by atoms with Gasteiger partial charge in [-0.25, -0.2) is 4.39 Å². The normalized spacial score (nSPS) is 17.5. The molecule has 168 valence electrons. The van der Waals surface area contributed by atoms with Crippen LogP contribution >= 0.6 is 0 Å². The first-order valence-corrected chi connectivity index (χ1v) is 10.4. The summed E-state index contributed by atoms with van der Waals surface area (Å²) in [5, 5.41) is 11.3. The highest BCUT2D eigenvalue weighted by atomic mass is 19.1. The van der Waals surface area contributed by atoms with Crippen molar-refractivity contribution in [3.05, 3.63) is 100 Å². The number of carbonyl (C=O) groups is 2. The van der Waals surface area contributed by atoms with Crippen molar-refractivity contribution in [2.45, 2.75) is 26.4 Å². The van der Waals surface area contributed by atoms with E-state index in [-0.39, 0.29) is 23.2 Å². The molecule has 0 saturated carbocycles. The molecule has 2 aromatic carbocycles. The van der Waals surface area contributed by atoms with E-state index in [0.717, 1.165) is 11.1 Å². The Labute approximate surface area is 191 Å². The topological polar surface area (TPSA) is 79.7 Å². The van der Waals surface area contributed by atoms with Gasteiger partial charge in [-0.1, -0.05) is 30.3 Å². The number of methoxy groups -OCH3 is 1. The average molecular weight is 446 g/mol. The second-order valence-electron chi connectivity index (χ2n) is 7.93. The maximum absolute atomic E-state index is 14.9. The van der Waals surface area contributed by atoms with Crippen LogP contribution in [0, 0.1) is 19.7 Å². The zero-order valence-corrected chi connectivity index (χ0v) is 18.5. The lowest BCUT2D eigenvalue weighted by molar-refractivity contribution is -0.140. The molecule has 1 aliphatic heterocycles. The number of hydrogen-bond donors (Lipinski definition) is 1. The lowest BCUT2D eigenvalue weighted by Gasteiger charge is -2.25. The number of ether oxygens (including phenoxy) is 1. The van der Waals surface area contributed by atoms with Crippen molar-refractivity contribution >= 4 is 17.4 Å². The van der Waals surface area contributed by atoms with Crippen molar-refractivity contribution in [1.29, 1.82) is 0 Å². The number of ketones is 1. The zero-order chi connectivity index (χ0) is 23.7. The fourth-order valence-electron chi connectivity index (χ4n) is 4.28. The van der Waals surface area contributed by atoms with Crippen molar-refractivity contribution in [2.75, 3.05) is 7.11 Å². The van der Waals surface area contributed by atoms with E-state index in [2.05, 4.69) is 4.98 Å². The molecule has 1 unspecified atom stereocenters. The number of pyridine rings is 1. The van der Waals surface area contributed by atoms with Gasteiger partial charge in [0.1, 0.15) is 17.3 Å². The second-order valence-corrected chi connectivity index (χ2v) is 7.93. The highest BCUT2D eigenvalue weighted by molar-refractivity contribution is 6.46. The van der Waals surface area contributed by atoms with Gasteiger partial charge in [0.05, 0.1) is 36.5 Å². The van der Waals surface area contributed by atoms with Crippen molar-refractivity contribution in [3.8, 4) is 5.75 Å². The van der Waals surface area contributed by atoms with E-state index < -0.39 is 29.3 Å². The quantitative estimate of drug-likeness (QED) is 0.355. The van der Waals surface area contributed by atoms with E-state index in [1.165, 1.54) is 30.2 Å². The number of halogens is 1. The first kappa shape index (κ1) is 22.2. The molecule has 2 heterocycles. The smallest absolute Gasteiger partial charge is 0.296 e. The number of amides is 1. The summed E-state index contributed by atoms with van der Waals surface area (Å²) in [6.07, 6.45) is 1.57. The summed E-state index contributed by atoms with van der Waals surface area (Å²) in [7, 11) is 1.46. The van der Waals surface area contributed by atoms with Crippen LogP contribution < -0.4 is 4.74 Å². The summed E-state index contributed by atoms with van der Waals surface area (Å²) in [4.78, 5) is 31.8. The number of aromatic nitrogens is 1. The standard InChI is InChI=1S/C26H23FN2O4/c1-15-12-16(2)25(33-3)19(13-15)23(30)21-22(18-9-4-5-10-20(18)27)29(26(32)24(21)31)14-17-8-6-7-11-28-17/h4-13,22,30H,14H2,1-3H3/b23-21+. The average Bonchev–Trinajstić information content (AvgIpc) is 3.04. The Balaban J connectivity index is 1.95. The van der Waals surface area contributed by atoms with Crippen LogP contribution in [0.15, 0.2) is 66.4 Å². The largest absolute Gasteiger partial charge is 0.507 e. The molecular formula is C26H23FN2O4. The SMILES string of the molecule is COc1c(C)cc(C)cc1/C(O)=C1\C(=O)C(=O)N(Cc2ccccn2)C1c1ccccc1F. The van der Waals surface area contributed by atoms with Crippen LogP contribution in [0.1, 0.15) is 34.0 Å². The molecule has 1 aliphatic rings. The Morgan fingerprint density at radius 2 is 1.85 bits per heavy atom. The number of hydrogen-bond acceptors (Lipinski definition) is 5.